The highest BCUT2D eigenvalue weighted by Gasteiger charge is 2.53. The molecule has 10 atom stereocenters. The van der Waals surface area contributed by atoms with Crippen LogP contribution in [0, 0.1) is 6.92 Å². The smallest absolute Gasteiger partial charge is 0.292 e. The van der Waals surface area contributed by atoms with Crippen molar-refractivity contribution in [1.29, 1.82) is 0 Å². The molecule has 0 amide bonds. The number of H-pyrrole nitrogens is 1. The largest absolute Gasteiger partial charge is 0.386 e. The fraction of sp³-hybridized carbons (Fsp3) is 0.478. The number of rotatable bonds is 2. The second-order valence-electron chi connectivity index (χ2n) is 10.7. The molecule has 2 N–H and O–H groups in total. The van der Waals surface area contributed by atoms with Gasteiger partial charge in [0.25, 0.3) is 20.5 Å². The van der Waals surface area contributed by atoms with Gasteiger partial charge in [-0.2, -0.15) is 5.10 Å². The number of alkyl halides is 1. The van der Waals surface area contributed by atoms with Crippen LogP contribution >= 0.6 is 26.5 Å². The van der Waals surface area contributed by atoms with Crippen LogP contribution in [-0.4, -0.2) is 99.4 Å². The summed E-state index contributed by atoms with van der Waals surface area (Å²) in [6.07, 6.45) is -8.21. The molecule has 0 bridgehead atoms. The van der Waals surface area contributed by atoms with E-state index in [4.69, 9.17) is 54.3 Å². The highest BCUT2D eigenvalue weighted by atomic mass is 35.5. The predicted molar refractivity (Wildman–Crippen MR) is 155 cm³/mol. The van der Waals surface area contributed by atoms with Gasteiger partial charge in [0.05, 0.1) is 48.6 Å². The molecule has 4 aromatic rings. The minimum Gasteiger partial charge on any atom is -0.386 e. The van der Waals surface area contributed by atoms with E-state index in [2.05, 4.69) is 20.2 Å². The van der Waals surface area contributed by atoms with Crippen LogP contribution in [0.5, 0.6) is 0 Å². The molecule has 6 heterocycles. The monoisotopic (exact) mass is 680 g/mol. The van der Waals surface area contributed by atoms with Crippen molar-refractivity contribution in [3.8, 4) is 0 Å². The van der Waals surface area contributed by atoms with E-state index in [1.54, 1.807) is 19.1 Å². The molecule has 45 heavy (non-hydrogen) atoms. The third kappa shape index (κ3) is 5.63. The van der Waals surface area contributed by atoms with Crippen molar-refractivity contribution in [2.24, 2.45) is 0 Å². The molecule has 234 valence electrons. The first-order valence-corrected chi connectivity index (χ1v) is 17.0. The van der Waals surface area contributed by atoms with E-state index in [0.717, 1.165) is 0 Å². The van der Waals surface area contributed by atoms with Crippen LogP contribution in [0.25, 0.3) is 22.1 Å². The minimum absolute atomic E-state index is 0.00444. The summed E-state index contributed by atoms with van der Waals surface area (Å²) in [5, 5.41) is 17.6. The fourth-order valence-corrected chi connectivity index (χ4v) is 7.76. The number of fused-ring (bicyclic) bond motifs is 4. The van der Waals surface area contributed by atoms with Gasteiger partial charge in [-0.1, -0.05) is 11.6 Å². The van der Waals surface area contributed by atoms with Crippen molar-refractivity contribution >= 4 is 63.7 Å². The predicted octanol–water partition coefficient (Wildman–Crippen LogP) is 2.00. The first kappa shape index (κ1) is 31.2. The fourth-order valence-electron chi connectivity index (χ4n) is 5.58. The van der Waals surface area contributed by atoms with Gasteiger partial charge in [0.1, 0.15) is 30.5 Å². The van der Waals surface area contributed by atoms with E-state index < -0.39 is 82.9 Å². The molecule has 3 aliphatic rings. The molecule has 0 aliphatic carbocycles. The lowest BCUT2D eigenvalue weighted by atomic mass is 10.1. The number of benzene rings is 1. The van der Waals surface area contributed by atoms with E-state index in [1.807, 2.05) is 0 Å². The van der Waals surface area contributed by atoms with Crippen molar-refractivity contribution in [3.63, 3.8) is 0 Å². The van der Waals surface area contributed by atoms with E-state index in [9.17, 15) is 19.0 Å². The minimum atomic E-state index is -4.55. The summed E-state index contributed by atoms with van der Waals surface area (Å²) < 4.78 is 78.9. The zero-order chi connectivity index (χ0) is 31.8. The van der Waals surface area contributed by atoms with Crippen LogP contribution in [0.4, 0.5) is 4.39 Å². The van der Waals surface area contributed by atoms with Crippen LogP contribution in [0.15, 0.2) is 35.8 Å². The molecule has 0 saturated carbocycles. The third-order valence-electron chi connectivity index (χ3n) is 7.75. The number of hydrogen-bond donors (Lipinski definition) is 2. The molecule has 4 unspecified atom stereocenters. The summed E-state index contributed by atoms with van der Waals surface area (Å²) in [7, 11) is 2.69. The number of aryl methyl sites for hydroxylation is 1. The van der Waals surface area contributed by atoms with Crippen LogP contribution in [0.1, 0.15) is 18.0 Å². The standard InChI is InChI=1S/C23H22B2ClFN6O10P2/c1-9-2-12-11(3-10(9)26)28-7-32(12)22-16(27)19-14(40-22)5-38-45(25,37)43-20-15(6-39-44(24,36)42-19)41-23(18(20)34)33-8-29-17-13(33)4-30-31-21(17)35/h2-4,7-8,14-16,18-20,22-23,34H,5-6H2,1H3,(H,31,35)/t14-,15-,16+,18?,19?,20+,22-,23-,44?,45?/m1/s1. The molecule has 22 heteroatoms. The van der Waals surface area contributed by atoms with Gasteiger partial charge in [-0.15, -0.1) is 0 Å². The number of aromatic nitrogens is 6. The number of nitrogens with zero attached hydrogens (tertiary/aromatic N) is 5. The van der Waals surface area contributed by atoms with Crippen LogP contribution in [0.3, 0.4) is 0 Å². The first-order chi connectivity index (χ1) is 21.3. The molecule has 3 aliphatic heterocycles. The van der Waals surface area contributed by atoms with Crippen LogP contribution < -0.4 is 5.56 Å². The van der Waals surface area contributed by atoms with Gasteiger partial charge in [0, 0.05) is 5.02 Å². The maximum Gasteiger partial charge on any atom is 0.292 e. The molecular formula is C23H22B2ClFN6O10P2. The summed E-state index contributed by atoms with van der Waals surface area (Å²) in [5.41, 5.74) is 1.26. The van der Waals surface area contributed by atoms with Crippen molar-refractivity contribution in [3.05, 3.63) is 51.9 Å². The van der Waals surface area contributed by atoms with Gasteiger partial charge in [-0.25, -0.2) is 19.5 Å². The number of aliphatic hydroxyl groups is 1. The van der Waals surface area contributed by atoms with E-state index in [-0.39, 0.29) is 11.0 Å². The number of halogens is 2. The molecule has 0 spiro atoms. The normalized spacial score (nSPS) is 37.7. The number of nitrogens with one attached hydrogen (secondary N) is 1. The van der Waals surface area contributed by atoms with Gasteiger partial charge in [-0.05, 0) is 24.6 Å². The number of ether oxygens (including phenoxy) is 2. The zero-order valence-electron chi connectivity index (χ0n) is 23.1. The Hall–Kier alpha value is -2.43. The van der Waals surface area contributed by atoms with Crippen molar-refractivity contribution in [2.75, 3.05) is 13.2 Å². The van der Waals surface area contributed by atoms with Crippen molar-refractivity contribution in [2.45, 2.75) is 56.1 Å². The summed E-state index contributed by atoms with van der Waals surface area (Å²) in [6.45, 7) is 0.452. The Bertz CT molecular complexity index is 1950. The third-order valence-corrected chi connectivity index (χ3v) is 10.3. The van der Waals surface area contributed by atoms with Gasteiger partial charge in [0.15, 0.2) is 24.1 Å². The maximum absolute atomic E-state index is 16.1. The summed E-state index contributed by atoms with van der Waals surface area (Å²) in [5.74, 6) is 0. The van der Waals surface area contributed by atoms with Gasteiger partial charge in [0.2, 0.25) is 15.1 Å². The summed E-state index contributed by atoms with van der Waals surface area (Å²) in [4.78, 5) is 20.4. The van der Waals surface area contributed by atoms with Gasteiger partial charge < -0.3 is 37.2 Å². The zero-order valence-corrected chi connectivity index (χ0v) is 25.6. The molecule has 7 rings (SSSR count). The lowest BCUT2D eigenvalue weighted by molar-refractivity contribution is -0.0557. The Labute approximate surface area is 260 Å². The molecule has 16 nitrogen and oxygen atoms in total. The molecule has 3 saturated heterocycles. The lowest BCUT2D eigenvalue weighted by Crippen LogP contribution is -2.38. The quantitative estimate of drug-likeness (QED) is 0.231. The molecule has 3 aromatic heterocycles. The Morgan fingerprint density at radius 1 is 1.00 bits per heavy atom. The Kier molecular flexibility index (Phi) is 7.88. The summed E-state index contributed by atoms with van der Waals surface area (Å²) >= 11 is 6.20. The second kappa shape index (κ2) is 11.4. The van der Waals surface area contributed by atoms with E-state index in [0.29, 0.717) is 21.6 Å². The average molecular weight is 680 g/mol. The lowest BCUT2D eigenvalue weighted by Gasteiger charge is -2.30. The van der Waals surface area contributed by atoms with Crippen molar-refractivity contribution in [1.82, 2.24) is 29.3 Å². The number of imidazole rings is 2. The molecule has 3 fully saturated rings. The summed E-state index contributed by atoms with van der Waals surface area (Å²) in [6, 6.07) is 3.31. The molecular weight excluding hydrogens is 658 g/mol. The first-order valence-electron chi connectivity index (χ1n) is 13.4. The maximum atomic E-state index is 16.1. The molecule has 1 aromatic carbocycles. The highest BCUT2D eigenvalue weighted by molar-refractivity contribution is 7.79. The molecule has 4 radical (unpaired) electrons. The Morgan fingerprint density at radius 3 is 2.36 bits per heavy atom. The number of aromatic amines is 1. The second-order valence-corrected chi connectivity index (χ2v) is 14.2. The highest BCUT2D eigenvalue weighted by Crippen LogP contribution is 2.53. The van der Waals surface area contributed by atoms with Gasteiger partial charge >= 0.3 is 0 Å². The van der Waals surface area contributed by atoms with E-state index in [1.165, 1.54) is 28.0 Å². The van der Waals surface area contributed by atoms with E-state index >= 15 is 4.39 Å². The van der Waals surface area contributed by atoms with Crippen LogP contribution in [0.2, 0.25) is 5.02 Å². The number of hydrogen-bond acceptors (Lipinski definition) is 13. The average Bonchev–Trinajstić information content (AvgIpc) is 3.73. The topological polar surface area (TPSA) is 191 Å². The van der Waals surface area contributed by atoms with Crippen LogP contribution in [-0.2, 0) is 36.7 Å². The number of aliphatic hydroxyl groups excluding tert-OH is 1. The SMILES string of the molecule is [B]P1(=O)OC[C@H]2O[C@@H](n3cnc4c(=O)[nH]ncc43)C(O)[C@H]2OP([B])(=O)OC[C@H]2O[C@@H](n3cnc4cc(Cl)c(C)cc43)[C@@H](F)C2O1. The van der Waals surface area contributed by atoms with Gasteiger partial charge in [-0.3, -0.25) is 18.5 Å². The Balaban J connectivity index is 1.17. The Morgan fingerprint density at radius 2 is 1.62 bits per heavy atom. The van der Waals surface area contributed by atoms with Crippen molar-refractivity contribution < 1.29 is 46.2 Å².